The number of rotatable bonds is 4. The molecule has 0 bridgehead atoms. The minimum atomic E-state index is -0.878. The van der Waals surface area contributed by atoms with Crippen molar-refractivity contribution in [1.82, 2.24) is 9.55 Å². The largest absolute Gasteiger partial charge is 0.327 e. The molecule has 0 aliphatic carbocycles. The van der Waals surface area contributed by atoms with E-state index in [2.05, 4.69) is 4.98 Å². The van der Waals surface area contributed by atoms with Crippen molar-refractivity contribution in [3.05, 3.63) is 77.6 Å². The number of halogens is 2. The number of imidazole rings is 1. The van der Waals surface area contributed by atoms with Gasteiger partial charge in [0, 0.05) is 31.0 Å². The van der Waals surface area contributed by atoms with Crippen molar-refractivity contribution in [2.75, 3.05) is 0 Å². The van der Waals surface area contributed by atoms with E-state index in [1.54, 1.807) is 6.20 Å². The van der Waals surface area contributed by atoms with Gasteiger partial charge >= 0.3 is 0 Å². The van der Waals surface area contributed by atoms with Gasteiger partial charge in [-0.1, -0.05) is 24.3 Å². The van der Waals surface area contributed by atoms with E-state index in [4.69, 9.17) is 5.73 Å². The first-order valence-electron chi connectivity index (χ1n) is 6.92. The van der Waals surface area contributed by atoms with Crippen LogP contribution in [0.2, 0.25) is 0 Å². The highest BCUT2D eigenvalue weighted by Crippen LogP contribution is 2.21. The van der Waals surface area contributed by atoms with Crippen LogP contribution in [0.3, 0.4) is 0 Å². The number of benzene rings is 2. The van der Waals surface area contributed by atoms with E-state index in [9.17, 15) is 8.78 Å². The Bertz CT molecular complexity index is 796. The van der Waals surface area contributed by atoms with E-state index < -0.39 is 11.6 Å². The number of nitrogens with zero attached hydrogens (tertiary/aromatic N) is 2. The zero-order valence-corrected chi connectivity index (χ0v) is 11.8. The molecular weight excluding hydrogens is 284 g/mol. The summed E-state index contributed by atoms with van der Waals surface area (Å²) in [6.07, 6.45) is 3.45. The average Bonchev–Trinajstić information content (AvgIpc) is 2.98. The maximum atomic E-state index is 13.4. The standard InChI is InChI=1S/C17H15F2N3/c18-15-5-4-14(9-16(15)19)17-21-6-7-22(17)11-13-3-1-2-12(8-13)10-20/h1-9H,10-11,20H2. The van der Waals surface area contributed by atoms with E-state index in [-0.39, 0.29) is 0 Å². The summed E-state index contributed by atoms with van der Waals surface area (Å²) in [5.41, 5.74) is 8.31. The second-order valence-corrected chi connectivity index (χ2v) is 5.03. The lowest BCUT2D eigenvalue weighted by Gasteiger charge is -2.09. The van der Waals surface area contributed by atoms with Crippen LogP contribution in [-0.2, 0) is 13.1 Å². The predicted molar refractivity (Wildman–Crippen MR) is 81.0 cm³/mol. The van der Waals surface area contributed by atoms with Crippen LogP contribution in [0.1, 0.15) is 11.1 Å². The molecule has 0 unspecified atom stereocenters. The minimum absolute atomic E-state index is 0.480. The Morgan fingerprint density at radius 1 is 1.00 bits per heavy atom. The molecule has 0 saturated heterocycles. The summed E-state index contributed by atoms with van der Waals surface area (Å²) >= 11 is 0. The zero-order valence-electron chi connectivity index (χ0n) is 11.8. The van der Waals surface area contributed by atoms with Gasteiger partial charge in [0.2, 0.25) is 0 Å². The first-order valence-corrected chi connectivity index (χ1v) is 6.92. The Labute approximate surface area is 127 Å². The van der Waals surface area contributed by atoms with Gasteiger partial charge in [0.15, 0.2) is 11.6 Å². The highest BCUT2D eigenvalue weighted by molar-refractivity contribution is 5.55. The summed E-state index contributed by atoms with van der Waals surface area (Å²) in [4.78, 5) is 4.25. The number of aromatic nitrogens is 2. The fourth-order valence-electron chi connectivity index (χ4n) is 2.38. The fourth-order valence-corrected chi connectivity index (χ4v) is 2.38. The van der Waals surface area contributed by atoms with Gasteiger partial charge in [0.05, 0.1) is 0 Å². The Balaban J connectivity index is 1.93. The maximum Gasteiger partial charge on any atom is 0.159 e. The lowest BCUT2D eigenvalue weighted by molar-refractivity contribution is 0.509. The Morgan fingerprint density at radius 2 is 1.82 bits per heavy atom. The smallest absolute Gasteiger partial charge is 0.159 e. The van der Waals surface area contributed by atoms with Gasteiger partial charge in [-0.15, -0.1) is 0 Å². The van der Waals surface area contributed by atoms with Gasteiger partial charge in [-0.2, -0.15) is 0 Å². The van der Waals surface area contributed by atoms with Crippen LogP contribution < -0.4 is 5.73 Å². The summed E-state index contributed by atoms with van der Waals surface area (Å²) in [6, 6.07) is 11.7. The topological polar surface area (TPSA) is 43.8 Å². The van der Waals surface area contributed by atoms with Crippen molar-refractivity contribution >= 4 is 0 Å². The summed E-state index contributed by atoms with van der Waals surface area (Å²) in [5, 5.41) is 0. The second-order valence-electron chi connectivity index (χ2n) is 5.03. The third kappa shape index (κ3) is 2.89. The van der Waals surface area contributed by atoms with Crippen LogP contribution >= 0.6 is 0 Å². The van der Waals surface area contributed by atoms with Crippen LogP contribution in [0.15, 0.2) is 54.9 Å². The van der Waals surface area contributed by atoms with Gasteiger partial charge in [-0.3, -0.25) is 0 Å². The zero-order chi connectivity index (χ0) is 15.5. The highest BCUT2D eigenvalue weighted by atomic mass is 19.2. The van der Waals surface area contributed by atoms with Gasteiger partial charge in [-0.05, 0) is 29.3 Å². The van der Waals surface area contributed by atoms with Crippen molar-refractivity contribution in [2.45, 2.75) is 13.1 Å². The van der Waals surface area contributed by atoms with Crippen LogP contribution in [-0.4, -0.2) is 9.55 Å². The van der Waals surface area contributed by atoms with E-state index in [1.807, 2.05) is 35.0 Å². The van der Waals surface area contributed by atoms with Gasteiger partial charge in [0.1, 0.15) is 5.82 Å². The van der Waals surface area contributed by atoms with Crippen molar-refractivity contribution in [3.8, 4) is 11.4 Å². The molecule has 0 radical (unpaired) electrons. The summed E-state index contributed by atoms with van der Waals surface area (Å²) in [7, 11) is 0. The van der Waals surface area contributed by atoms with E-state index in [0.29, 0.717) is 24.5 Å². The molecule has 1 heterocycles. The van der Waals surface area contributed by atoms with Crippen molar-refractivity contribution in [1.29, 1.82) is 0 Å². The molecule has 5 heteroatoms. The summed E-state index contributed by atoms with van der Waals surface area (Å²) in [6.45, 7) is 1.07. The van der Waals surface area contributed by atoms with E-state index in [0.717, 1.165) is 23.3 Å². The third-order valence-electron chi connectivity index (χ3n) is 3.47. The lowest BCUT2D eigenvalue weighted by Crippen LogP contribution is -2.03. The number of nitrogens with two attached hydrogens (primary N) is 1. The number of hydrogen-bond acceptors (Lipinski definition) is 2. The van der Waals surface area contributed by atoms with Crippen molar-refractivity contribution in [3.63, 3.8) is 0 Å². The fraction of sp³-hybridized carbons (Fsp3) is 0.118. The normalized spacial score (nSPS) is 10.9. The Kier molecular flexibility index (Phi) is 3.98. The molecule has 3 rings (SSSR count). The molecule has 2 aromatic carbocycles. The molecule has 112 valence electrons. The molecule has 0 aliphatic heterocycles. The first-order chi connectivity index (χ1) is 10.7. The molecule has 2 N–H and O–H groups in total. The SMILES string of the molecule is NCc1cccc(Cn2ccnc2-c2ccc(F)c(F)c2)c1. The minimum Gasteiger partial charge on any atom is -0.327 e. The van der Waals surface area contributed by atoms with Crippen molar-refractivity contribution < 1.29 is 8.78 Å². The van der Waals surface area contributed by atoms with E-state index >= 15 is 0 Å². The molecule has 3 aromatic rings. The van der Waals surface area contributed by atoms with Gasteiger partial charge in [0.25, 0.3) is 0 Å². The molecule has 0 fully saturated rings. The second kappa shape index (κ2) is 6.07. The quantitative estimate of drug-likeness (QED) is 0.803. The van der Waals surface area contributed by atoms with Crippen LogP contribution in [0.25, 0.3) is 11.4 Å². The average molecular weight is 299 g/mol. The Morgan fingerprint density at radius 3 is 2.59 bits per heavy atom. The predicted octanol–water partition coefficient (Wildman–Crippen LogP) is 3.34. The third-order valence-corrected chi connectivity index (χ3v) is 3.47. The molecule has 0 atom stereocenters. The van der Waals surface area contributed by atoms with Crippen molar-refractivity contribution in [2.24, 2.45) is 5.73 Å². The molecule has 1 aromatic heterocycles. The van der Waals surface area contributed by atoms with E-state index in [1.165, 1.54) is 6.07 Å². The van der Waals surface area contributed by atoms with Crippen LogP contribution in [0.5, 0.6) is 0 Å². The Hall–Kier alpha value is -2.53. The molecule has 3 nitrogen and oxygen atoms in total. The number of hydrogen-bond donors (Lipinski definition) is 1. The van der Waals surface area contributed by atoms with Crippen LogP contribution in [0.4, 0.5) is 8.78 Å². The lowest BCUT2D eigenvalue weighted by atomic mass is 10.1. The first kappa shape index (κ1) is 14.4. The van der Waals surface area contributed by atoms with Gasteiger partial charge < -0.3 is 10.3 Å². The maximum absolute atomic E-state index is 13.4. The monoisotopic (exact) mass is 299 g/mol. The molecule has 22 heavy (non-hydrogen) atoms. The summed E-state index contributed by atoms with van der Waals surface area (Å²) in [5.74, 6) is -1.15. The van der Waals surface area contributed by atoms with Gasteiger partial charge in [-0.25, -0.2) is 13.8 Å². The van der Waals surface area contributed by atoms with Crippen LogP contribution in [0, 0.1) is 11.6 Å². The summed E-state index contributed by atoms with van der Waals surface area (Å²) < 4.78 is 28.4. The molecule has 0 saturated carbocycles. The molecule has 0 amide bonds. The highest BCUT2D eigenvalue weighted by Gasteiger charge is 2.10. The molecule has 0 aliphatic rings. The molecular formula is C17H15F2N3. The molecule has 0 spiro atoms.